The summed E-state index contributed by atoms with van der Waals surface area (Å²) in [4.78, 5) is 22.0. The minimum atomic E-state index is -0.824. The molecule has 4 fully saturated rings. The van der Waals surface area contributed by atoms with E-state index in [1.165, 1.54) is 0 Å². The molecule has 2 aromatic rings. The van der Waals surface area contributed by atoms with Gasteiger partial charge < -0.3 is 4.90 Å². The number of aryl methyl sites for hydroxylation is 1. The number of rotatable bonds is 2. The van der Waals surface area contributed by atoms with E-state index < -0.39 is 11.6 Å². The summed E-state index contributed by atoms with van der Waals surface area (Å²) in [7, 11) is 0. The van der Waals surface area contributed by atoms with Crippen molar-refractivity contribution in [3.63, 3.8) is 0 Å². The van der Waals surface area contributed by atoms with Gasteiger partial charge in [0, 0.05) is 24.2 Å². The number of halogens is 2. The number of pyridine rings is 1. The van der Waals surface area contributed by atoms with Gasteiger partial charge in [-0.1, -0.05) is 18.2 Å². The smallest absolute Gasteiger partial charge is 0.272 e. The molecule has 1 amide bonds. The summed E-state index contributed by atoms with van der Waals surface area (Å²) >= 11 is 0. The Labute approximate surface area is 163 Å². The van der Waals surface area contributed by atoms with Crippen LogP contribution in [-0.4, -0.2) is 52.4 Å². The van der Waals surface area contributed by atoms with Gasteiger partial charge in [-0.3, -0.25) is 9.69 Å². The van der Waals surface area contributed by atoms with Crippen molar-refractivity contribution in [1.29, 1.82) is 0 Å². The lowest BCUT2D eigenvalue weighted by Crippen LogP contribution is -2.60. The van der Waals surface area contributed by atoms with Gasteiger partial charge in [0.25, 0.3) is 5.91 Å². The molecule has 0 spiro atoms. The molecule has 3 atom stereocenters. The molecule has 4 aliphatic heterocycles. The van der Waals surface area contributed by atoms with Crippen LogP contribution in [0.4, 0.5) is 8.78 Å². The molecule has 1 aromatic carbocycles. The maximum Gasteiger partial charge on any atom is 0.272 e. The number of likely N-dealkylation sites (tertiary alicyclic amines) is 1. The number of carbonyl (C=O) groups excluding carboxylic acids is 1. The quantitative estimate of drug-likeness (QED) is 0.798. The monoisotopic (exact) mass is 383 g/mol. The van der Waals surface area contributed by atoms with Crippen molar-refractivity contribution in [2.24, 2.45) is 5.92 Å². The molecule has 0 N–H and O–H groups in total. The number of benzene rings is 1. The van der Waals surface area contributed by atoms with Gasteiger partial charge in [-0.2, -0.15) is 0 Å². The molecule has 4 nitrogen and oxygen atoms in total. The molecule has 4 aliphatic rings. The third-order valence-electron chi connectivity index (χ3n) is 6.74. The van der Waals surface area contributed by atoms with E-state index in [0.717, 1.165) is 37.7 Å². The fourth-order valence-electron chi connectivity index (χ4n) is 5.54. The van der Waals surface area contributed by atoms with Crippen molar-refractivity contribution in [3.05, 3.63) is 65.0 Å². The summed E-state index contributed by atoms with van der Waals surface area (Å²) in [6.07, 6.45) is 2.09. The number of hydrogen-bond acceptors (Lipinski definition) is 3. The predicted octanol–water partition coefficient (Wildman–Crippen LogP) is 3.37. The van der Waals surface area contributed by atoms with Crippen LogP contribution in [-0.2, 0) is 0 Å². The molecule has 0 aliphatic carbocycles. The summed E-state index contributed by atoms with van der Waals surface area (Å²) in [5.74, 6) is -1.53. The average Bonchev–Trinajstić information content (AvgIpc) is 3.13. The molecule has 146 valence electrons. The fraction of sp³-hybridized carbons (Fsp3) is 0.455. The first kappa shape index (κ1) is 17.7. The molecule has 0 unspecified atom stereocenters. The Morgan fingerprint density at radius 3 is 2.57 bits per heavy atom. The van der Waals surface area contributed by atoms with Crippen LogP contribution in [0.5, 0.6) is 0 Å². The Morgan fingerprint density at radius 2 is 1.82 bits per heavy atom. The topological polar surface area (TPSA) is 36.4 Å². The van der Waals surface area contributed by atoms with E-state index in [9.17, 15) is 13.6 Å². The first-order valence-corrected chi connectivity index (χ1v) is 9.97. The Morgan fingerprint density at radius 1 is 1.07 bits per heavy atom. The van der Waals surface area contributed by atoms with Gasteiger partial charge in [0.2, 0.25) is 0 Å². The maximum atomic E-state index is 14.6. The predicted molar refractivity (Wildman–Crippen MR) is 101 cm³/mol. The Balaban J connectivity index is 1.56. The molecule has 6 heteroatoms. The van der Waals surface area contributed by atoms with Crippen molar-refractivity contribution in [2.45, 2.75) is 37.8 Å². The van der Waals surface area contributed by atoms with Crippen molar-refractivity contribution in [2.75, 3.05) is 19.6 Å². The van der Waals surface area contributed by atoms with Crippen LogP contribution < -0.4 is 0 Å². The normalized spacial score (nSPS) is 31.1. The Bertz CT molecular complexity index is 926. The maximum absolute atomic E-state index is 14.6. The standard InChI is InChI=1S/C22H23F2N3O/c1-13-4-2-7-18(25-13)22(28)27-12-16(15-5-3-6-17(23)19(15)24)21-20(27)14-8-10-26(21)11-9-14/h2-7,14,16,20-21H,8-12H2,1H3/t16-,20+,21+/m1/s1. The number of carbonyl (C=O) groups is 1. The largest absolute Gasteiger partial charge is 0.332 e. The van der Waals surface area contributed by atoms with E-state index in [-0.39, 0.29) is 23.9 Å². The molecule has 0 saturated carbocycles. The van der Waals surface area contributed by atoms with Gasteiger partial charge in [0.05, 0.1) is 6.04 Å². The van der Waals surface area contributed by atoms with E-state index in [0.29, 0.717) is 23.7 Å². The van der Waals surface area contributed by atoms with E-state index in [2.05, 4.69) is 9.88 Å². The summed E-state index contributed by atoms with van der Waals surface area (Å²) in [6, 6.07) is 9.89. The summed E-state index contributed by atoms with van der Waals surface area (Å²) < 4.78 is 28.6. The average molecular weight is 383 g/mol. The van der Waals surface area contributed by atoms with Crippen LogP contribution in [0.25, 0.3) is 0 Å². The summed E-state index contributed by atoms with van der Waals surface area (Å²) in [6.45, 7) is 4.19. The summed E-state index contributed by atoms with van der Waals surface area (Å²) in [5.41, 5.74) is 1.61. The van der Waals surface area contributed by atoms with Crippen LogP contribution in [0.3, 0.4) is 0 Å². The zero-order valence-electron chi connectivity index (χ0n) is 15.8. The van der Waals surface area contributed by atoms with Crippen LogP contribution in [0.1, 0.15) is 40.5 Å². The van der Waals surface area contributed by atoms with Gasteiger partial charge in [-0.25, -0.2) is 13.8 Å². The lowest BCUT2D eigenvalue weighted by atomic mass is 9.75. The van der Waals surface area contributed by atoms with Crippen LogP contribution >= 0.6 is 0 Å². The number of nitrogens with zero attached hydrogens (tertiary/aromatic N) is 3. The molecule has 0 radical (unpaired) electrons. The fourth-order valence-corrected chi connectivity index (χ4v) is 5.54. The van der Waals surface area contributed by atoms with Crippen molar-refractivity contribution >= 4 is 5.91 Å². The molecule has 1 aromatic heterocycles. The molecule has 2 bridgehead atoms. The number of fused-ring (bicyclic) bond motifs is 2. The van der Waals surface area contributed by atoms with Gasteiger partial charge >= 0.3 is 0 Å². The second-order valence-electron chi connectivity index (χ2n) is 8.23. The first-order chi connectivity index (χ1) is 13.5. The minimum Gasteiger partial charge on any atom is -0.332 e. The van der Waals surface area contributed by atoms with E-state index in [4.69, 9.17) is 0 Å². The van der Waals surface area contributed by atoms with Crippen molar-refractivity contribution < 1.29 is 13.6 Å². The van der Waals surface area contributed by atoms with Gasteiger partial charge in [0.1, 0.15) is 5.69 Å². The van der Waals surface area contributed by atoms with Crippen molar-refractivity contribution in [3.8, 4) is 0 Å². The molecular weight excluding hydrogens is 360 g/mol. The highest BCUT2D eigenvalue weighted by Gasteiger charge is 2.55. The van der Waals surface area contributed by atoms with Gasteiger partial charge in [-0.15, -0.1) is 0 Å². The van der Waals surface area contributed by atoms with Crippen LogP contribution in [0.2, 0.25) is 0 Å². The zero-order valence-corrected chi connectivity index (χ0v) is 15.8. The highest BCUT2D eigenvalue weighted by Crippen LogP contribution is 2.47. The number of aromatic nitrogens is 1. The van der Waals surface area contributed by atoms with Gasteiger partial charge in [0.15, 0.2) is 11.6 Å². The number of amides is 1. The number of hydrogen-bond donors (Lipinski definition) is 0. The first-order valence-electron chi connectivity index (χ1n) is 9.97. The Kier molecular flexibility index (Phi) is 4.19. The third-order valence-corrected chi connectivity index (χ3v) is 6.74. The third kappa shape index (κ3) is 2.65. The molecule has 6 rings (SSSR count). The molecule has 5 heterocycles. The highest BCUT2D eigenvalue weighted by molar-refractivity contribution is 5.93. The molecule has 4 saturated heterocycles. The lowest BCUT2D eigenvalue weighted by Gasteiger charge is -2.51. The van der Waals surface area contributed by atoms with Gasteiger partial charge in [-0.05, 0) is 62.5 Å². The second-order valence-corrected chi connectivity index (χ2v) is 8.23. The van der Waals surface area contributed by atoms with E-state index in [1.54, 1.807) is 18.2 Å². The summed E-state index contributed by atoms with van der Waals surface area (Å²) in [5, 5.41) is 0. The lowest BCUT2D eigenvalue weighted by molar-refractivity contribution is -0.00377. The highest BCUT2D eigenvalue weighted by atomic mass is 19.2. The van der Waals surface area contributed by atoms with Crippen molar-refractivity contribution in [1.82, 2.24) is 14.8 Å². The second kappa shape index (κ2) is 6.62. The Hall–Kier alpha value is -2.34. The van der Waals surface area contributed by atoms with Crippen LogP contribution in [0.15, 0.2) is 36.4 Å². The SMILES string of the molecule is Cc1cccc(C(=O)N2C[C@H](c3cccc(F)c3F)[C@H]3[C@@H]2C2CCN3CC2)n1. The molecule has 28 heavy (non-hydrogen) atoms. The van der Waals surface area contributed by atoms with Crippen LogP contribution in [0, 0.1) is 24.5 Å². The van der Waals surface area contributed by atoms with E-state index in [1.807, 2.05) is 24.0 Å². The minimum absolute atomic E-state index is 0.0324. The van der Waals surface area contributed by atoms with E-state index >= 15 is 0 Å². The zero-order chi connectivity index (χ0) is 19.4. The number of piperidine rings is 3. The molecular formula is C22H23F2N3O.